The van der Waals surface area contributed by atoms with E-state index in [1.165, 1.54) is 17.4 Å². The summed E-state index contributed by atoms with van der Waals surface area (Å²) in [6, 6.07) is 0. The van der Waals surface area contributed by atoms with Crippen molar-refractivity contribution >= 4 is 98.7 Å². The zero-order valence-corrected chi connectivity index (χ0v) is 30.1. The molecule has 2 aromatic heterocycles. The molecular weight excluding hydrogens is 776 g/mol. The molecular formula is C32H34Br4N4O. The molecule has 5 nitrogen and oxygen atoms in total. The summed E-state index contributed by atoms with van der Waals surface area (Å²) < 4.78 is 3.95. The number of nitrogens with zero attached hydrogens (tertiary/aromatic N) is 2. The Balaban J connectivity index is 2.00. The number of nitrogens with one attached hydrogen (secondary N) is 2. The van der Waals surface area contributed by atoms with Crippen LogP contribution in [0.4, 0.5) is 0 Å². The Morgan fingerprint density at radius 3 is 1.39 bits per heavy atom. The molecule has 3 N–H and O–H groups in total. The molecule has 3 aliphatic rings. The molecule has 216 valence electrons. The Labute approximate surface area is 274 Å². The number of aliphatic imine (C=N–C) groups is 2. The standard InChI is InChI=1S/C32H34Br4N4O/c1-5-9-16-21-13-14-22-17(10-6-2)24(34)30(38-22)32-26(36)19(12-8-4)28(40-32)20(15-41)27-18(11-7-3)25(35)31(39-27)29(37-21)23(16)33/h13-15,37-38,41H,5-12H2,1-4H3. The zero-order chi connectivity index (χ0) is 29.4. The van der Waals surface area contributed by atoms with Gasteiger partial charge in [0.15, 0.2) is 0 Å². The molecule has 0 spiro atoms. The van der Waals surface area contributed by atoms with E-state index in [-0.39, 0.29) is 0 Å². The van der Waals surface area contributed by atoms with Crippen LogP contribution in [-0.4, -0.2) is 26.5 Å². The van der Waals surface area contributed by atoms with Crippen molar-refractivity contribution in [2.24, 2.45) is 9.98 Å². The van der Waals surface area contributed by atoms with Crippen molar-refractivity contribution in [3.63, 3.8) is 0 Å². The zero-order valence-electron chi connectivity index (χ0n) is 23.7. The minimum Gasteiger partial charge on any atom is -0.515 e. The molecule has 5 heterocycles. The highest BCUT2D eigenvalue weighted by molar-refractivity contribution is 9.12. The van der Waals surface area contributed by atoms with E-state index in [0.29, 0.717) is 5.57 Å². The van der Waals surface area contributed by atoms with Crippen LogP contribution in [0.1, 0.15) is 77.3 Å². The average Bonchev–Trinajstić information content (AvgIpc) is 3.64. The molecule has 0 aromatic carbocycles. The maximum absolute atomic E-state index is 10.8. The van der Waals surface area contributed by atoms with E-state index in [1.54, 1.807) is 0 Å². The predicted molar refractivity (Wildman–Crippen MR) is 187 cm³/mol. The first-order valence-corrected chi connectivity index (χ1v) is 17.5. The predicted octanol–water partition coefficient (Wildman–Crippen LogP) is 7.51. The van der Waals surface area contributed by atoms with Crippen molar-refractivity contribution < 1.29 is 5.11 Å². The molecule has 0 aliphatic carbocycles. The fraction of sp³-hybridized carbons (Fsp3) is 0.375. The van der Waals surface area contributed by atoms with Crippen LogP contribution in [-0.2, 0) is 12.8 Å². The van der Waals surface area contributed by atoms with Gasteiger partial charge in [-0.1, -0.05) is 53.4 Å². The molecule has 0 radical (unpaired) electrons. The van der Waals surface area contributed by atoms with E-state index in [9.17, 15) is 5.11 Å². The van der Waals surface area contributed by atoms with Crippen molar-refractivity contribution in [1.82, 2.24) is 9.97 Å². The van der Waals surface area contributed by atoms with Crippen LogP contribution in [0.25, 0.3) is 23.5 Å². The van der Waals surface area contributed by atoms with Crippen molar-refractivity contribution in [2.45, 2.75) is 79.1 Å². The third kappa shape index (κ3) is 5.34. The maximum atomic E-state index is 10.8. The van der Waals surface area contributed by atoms with E-state index >= 15 is 0 Å². The average molecular weight is 810 g/mol. The summed E-state index contributed by atoms with van der Waals surface area (Å²) in [4.78, 5) is 17.8. The Morgan fingerprint density at radius 1 is 0.659 bits per heavy atom. The van der Waals surface area contributed by atoms with Gasteiger partial charge in [0.25, 0.3) is 0 Å². The lowest BCUT2D eigenvalue weighted by Gasteiger charge is -2.12. The van der Waals surface area contributed by atoms with Crippen molar-refractivity contribution in [1.29, 1.82) is 0 Å². The van der Waals surface area contributed by atoms with Gasteiger partial charge in [0, 0.05) is 19.6 Å². The maximum Gasteiger partial charge on any atom is 0.103 e. The highest BCUT2D eigenvalue weighted by Gasteiger charge is 2.33. The Kier molecular flexibility index (Phi) is 9.68. The smallest absolute Gasteiger partial charge is 0.103 e. The van der Waals surface area contributed by atoms with Gasteiger partial charge in [-0.25, -0.2) is 9.98 Å². The van der Waals surface area contributed by atoms with E-state index in [4.69, 9.17) is 9.98 Å². The number of fused-ring (bicyclic) bond motifs is 6. The summed E-state index contributed by atoms with van der Waals surface area (Å²) in [6.45, 7) is 8.73. The molecule has 3 aliphatic heterocycles. The fourth-order valence-corrected chi connectivity index (χ4v) is 8.50. The van der Waals surface area contributed by atoms with Crippen LogP contribution in [0.5, 0.6) is 0 Å². The van der Waals surface area contributed by atoms with Crippen LogP contribution in [0.15, 0.2) is 50.9 Å². The summed E-state index contributed by atoms with van der Waals surface area (Å²) in [6.07, 6.45) is 13.0. The van der Waals surface area contributed by atoms with Gasteiger partial charge in [-0.15, -0.1) is 0 Å². The number of halogens is 4. The number of hydrogen-bond acceptors (Lipinski definition) is 3. The number of rotatable bonds is 8. The van der Waals surface area contributed by atoms with Crippen LogP contribution in [0.3, 0.4) is 0 Å². The van der Waals surface area contributed by atoms with Gasteiger partial charge >= 0.3 is 0 Å². The SMILES string of the molecule is CCCC1=C(Br)C2=c3[nH]c(c(CCC)c3Br)=CC=c3[nH]c(c(Br)c3CCC)=C3N=C(C(=CO)C1=N2)C(CCC)=C3Br. The van der Waals surface area contributed by atoms with Gasteiger partial charge in [-0.3, -0.25) is 0 Å². The molecule has 0 atom stereocenters. The molecule has 0 unspecified atom stereocenters. The molecule has 5 rings (SSSR count). The van der Waals surface area contributed by atoms with Crippen molar-refractivity contribution in [3.05, 3.63) is 73.4 Å². The summed E-state index contributed by atoms with van der Waals surface area (Å²) in [5, 5.41) is 14.8. The second-order valence-electron chi connectivity index (χ2n) is 10.5. The monoisotopic (exact) mass is 806 g/mol. The topological polar surface area (TPSA) is 76.5 Å². The molecule has 8 bridgehead atoms. The number of aromatic nitrogens is 2. The fourth-order valence-electron chi connectivity index (χ4n) is 5.75. The highest BCUT2D eigenvalue weighted by Crippen LogP contribution is 2.41. The third-order valence-electron chi connectivity index (χ3n) is 7.63. The number of aliphatic hydroxyl groups is 1. The first kappa shape index (κ1) is 30.8. The molecule has 0 fully saturated rings. The lowest BCUT2D eigenvalue weighted by molar-refractivity contribution is 0.472. The van der Waals surface area contributed by atoms with Gasteiger partial charge in [0.2, 0.25) is 0 Å². The number of aliphatic hydroxyl groups excluding tert-OH is 1. The number of hydrogen-bond donors (Lipinski definition) is 3. The Bertz CT molecular complexity index is 1700. The number of H-pyrrole nitrogens is 2. The second-order valence-corrected chi connectivity index (χ2v) is 13.7. The molecule has 41 heavy (non-hydrogen) atoms. The molecule has 9 heteroatoms. The van der Waals surface area contributed by atoms with Crippen molar-refractivity contribution in [3.8, 4) is 0 Å². The largest absolute Gasteiger partial charge is 0.515 e. The lowest BCUT2D eigenvalue weighted by Crippen LogP contribution is -2.16. The van der Waals surface area contributed by atoms with Crippen LogP contribution in [0, 0.1) is 0 Å². The van der Waals surface area contributed by atoms with Gasteiger partial charge < -0.3 is 15.1 Å². The van der Waals surface area contributed by atoms with Gasteiger partial charge in [0.05, 0.1) is 42.9 Å². The third-order valence-corrected chi connectivity index (χ3v) is 11.1. The molecule has 0 saturated heterocycles. The highest BCUT2D eigenvalue weighted by atomic mass is 79.9. The van der Waals surface area contributed by atoms with E-state index in [0.717, 1.165) is 125 Å². The number of allylic oxidation sites excluding steroid dienone is 3. The van der Waals surface area contributed by atoms with Gasteiger partial charge in [-0.2, -0.15) is 0 Å². The van der Waals surface area contributed by atoms with Gasteiger partial charge in [0.1, 0.15) is 11.4 Å². The molecule has 0 amide bonds. The second kappa shape index (κ2) is 12.9. The van der Waals surface area contributed by atoms with E-state index in [1.807, 2.05) is 0 Å². The van der Waals surface area contributed by atoms with Crippen LogP contribution in [0.2, 0.25) is 0 Å². The Hall–Kier alpha value is -1.68. The van der Waals surface area contributed by atoms with Crippen LogP contribution >= 0.6 is 63.7 Å². The summed E-state index contributed by atoms with van der Waals surface area (Å²) in [7, 11) is 0. The summed E-state index contributed by atoms with van der Waals surface area (Å²) >= 11 is 15.7. The Morgan fingerprint density at radius 2 is 1.05 bits per heavy atom. The van der Waals surface area contributed by atoms with Gasteiger partial charge in [-0.05, 0) is 124 Å². The molecule has 0 saturated carbocycles. The quantitative estimate of drug-likeness (QED) is 0.238. The first-order valence-electron chi connectivity index (χ1n) is 14.4. The van der Waals surface area contributed by atoms with E-state index in [2.05, 4.69) is 114 Å². The normalized spacial score (nSPS) is 16.5. The van der Waals surface area contributed by atoms with Crippen molar-refractivity contribution in [2.75, 3.05) is 0 Å². The lowest BCUT2D eigenvalue weighted by atomic mass is 9.92. The minimum absolute atomic E-state index is 0.636. The minimum atomic E-state index is 0.636. The summed E-state index contributed by atoms with van der Waals surface area (Å²) in [5.74, 6) is 0. The van der Waals surface area contributed by atoms with Crippen LogP contribution < -0.4 is 21.4 Å². The number of aromatic amines is 2. The van der Waals surface area contributed by atoms with E-state index < -0.39 is 0 Å². The summed E-state index contributed by atoms with van der Waals surface area (Å²) in [5.41, 5.74) is 8.42. The first-order chi connectivity index (χ1) is 19.8. The molecule has 2 aromatic rings.